The van der Waals surface area contributed by atoms with Crippen molar-refractivity contribution < 1.29 is 9.53 Å². The van der Waals surface area contributed by atoms with Gasteiger partial charge in [-0.15, -0.1) is 0 Å². The first-order valence-corrected chi connectivity index (χ1v) is 6.45. The Kier molecular flexibility index (Phi) is 7.87. The number of ether oxygens (including phenoxy) is 1. The van der Waals surface area contributed by atoms with Crippen molar-refractivity contribution in [1.82, 2.24) is 5.32 Å². The van der Waals surface area contributed by atoms with Crippen LogP contribution in [-0.2, 0) is 9.53 Å². The molecule has 0 saturated carbocycles. The minimum Gasteiger partial charge on any atom is -0.375 e. The molecule has 0 aromatic carbocycles. The lowest BCUT2D eigenvalue weighted by Gasteiger charge is -2.22. The van der Waals surface area contributed by atoms with Gasteiger partial charge in [-0.25, -0.2) is 0 Å². The SMILES string of the molecule is C=C(C)COCCNC(=O)CC(N)CC(C)(C)C. The maximum absolute atomic E-state index is 11.6. The van der Waals surface area contributed by atoms with Crippen LogP contribution in [-0.4, -0.2) is 31.7 Å². The lowest BCUT2D eigenvalue weighted by molar-refractivity contribution is -0.121. The molecule has 0 aliphatic carbocycles. The third-order valence-electron chi connectivity index (χ3n) is 2.24. The first kappa shape index (κ1) is 17.1. The van der Waals surface area contributed by atoms with Crippen molar-refractivity contribution in [2.24, 2.45) is 11.1 Å². The third-order valence-corrected chi connectivity index (χ3v) is 2.24. The van der Waals surface area contributed by atoms with Gasteiger partial charge in [0.1, 0.15) is 0 Å². The maximum atomic E-state index is 11.6. The lowest BCUT2D eigenvalue weighted by atomic mass is 9.87. The minimum absolute atomic E-state index is 0.00863. The van der Waals surface area contributed by atoms with Gasteiger partial charge in [0.05, 0.1) is 13.2 Å². The van der Waals surface area contributed by atoms with Gasteiger partial charge in [-0.3, -0.25) is 4.79 Å². The van der Waals surface area contributed by atoms with Gasteiger partial charge in [-0.2, -0.15) is 0 Å². The molecule has 0 radical (unpaired) electrons. The number of amides is 1. The molecule has 1 atom stereocenters. The van der Waals surface area contributed by atoms with Crippen LogP contribution in [0.25, 0.3) is 0 Å². The number of carbonyl (C=O) groups is 1. The van der Waals surface area contributed by atoms with Gasteiger partial charge < -0.3 is 15.8 Å². The summed E-state index contributed by atoms with van der Waals surface area (Å²) in [7, 11) is 0. The quantitative estimate of drug-likeness (QED) is 0.514. The zero-order valence-corrected chi connectivity index (χ0v) is 12.2. The normalized spacial score (nSPS) is 13.2. The average Bonchev–Trinajstić information content (AvgIpc) is 2.12. The number of hydrogen-bond acceptors (Lipinski definition) is 3. The van der Waals surface area contributed by atoms with Crippen molar-refractivity contribution >= 4 is 5.91 Å². The van der Waals surface area contributed by atoms with E-state index in [1.54, 1.807) is 0 Å². The van der Waals surface area contributed by atoms with E-state index in [-0.39, 0.29) is 17.4 Å². The highest BCUT2D eigenvalue weighted by Crippen LogP contribution is 2.20. The predicted molar refractivity (Wildman–Crippen MR) is 75.3 cm³/mol. The summed E-state index contributed by atoms with van der Waals surface area (Å²) in [4.78, 5) is 11.6. The Labute approximate surface area is 111 Å². The molecule has 0 aliphatic heterocycles. The second kappa shape index (κ2) is 8.27. The van der Waals surface area contributed by atoms with E-state index in [4.69, 9.17) is 10.5 Å². The van der Waals surface area contributed by atoms with Crippen LogP contribution >= 0.6 is 0 Å². The predicted octanol–water partition coefficient (Wildman–Crippen LogP) is 1.85. The molecule has 106 valence electrons. The van der Waals surface area contributed by atoms with E-state index < -0.39 is 0 Å². The Balaban J connectivity index is 3.62. The molecular weight excluding hydrogens is 228 g/mol. The highest BCUT2D eigenvalue weighted by molar-refractivity contribution is 5.76. The van der Waals surface area contributed by atoms with E-state index in [0.29, 0.717) is 26.2 Å². The molecule has 0 aliphatic rings. The maximum Gasteiger partial charge on any atom is 0.221 e. The van der Waals surface area contributed by atoms with Crippen LogP contribution in [0.15, 0.2) is 12.2 Å². The zero-order chi connectivity index (χ0) is 14.2. The fourth-order valence-corrected chi connectivity index (χ4v) is 1.68. The summed E-state index contributed by atoms with van der Waals surface area (Å²) < 4.78 is 5.29. The Bertz CT molecular complexity index is 269. The van der Waals surface area contributed by atoms with E-state index in [0.717, 1.165) is 12.0 Å². The molecule has 0 bridgehead atoms. The summed E-state index contributed by atoms with van der Waals surface area (Å²) in [5.41, 5.74) is 7.06. The molecule has 3 N–H and O–H groups in total. The van der Waals surface area contributed by atoms with Crippen LogP contribution in [0.3, 0.4) is 0 Å². The molecule has 4 nitrogen and oxygen atoms in total. The van der Waals surface area contributed by atoms with E-state index >= 15 is 0 Å². The van der Waals surface area contributed by atoms with Gasteiger partial charge in [0.15, 0.2) is 0 Å². The Hall–Kier alpha value is -0.870. The van der Waals surface area contributed by atoms with Crippen molar-refractivity contribution in [3.8, 4) is 0 Å². The summed E-state index contributed by atoms with van der Waals surface area (Å²) in [5, 5.41) is 2.80. The van der Waals surface area contributed by atoms with Gasteiger partial charge in [0.25, 0.3) is 0 Å². The standard InChI is InChI=1S/C14H28N2O2/c1-11(2)10-18-7-6-16-13(17)8-12(15)9-14(3,4)5/h12H,1,6-10,15H2,2-5H3,(H,16,17). The fourth-order valence-electron chi connectivity index (χ4n) is 1.68. The van der Waals surface area contributed by atoms with Gasteiger partial charge in [0, 0.05) is 19.0 Å². The first-order chi connectivity index (χ1) is 8.20. The van der Waals surface area contributed by atoms with Crippen molar-refractivity contribution in [2.45, 2.75) is 46.6 Å². The molecule has 0 spiro atoms. The van der Waals surface area contributed by atoms with E-state index in [1.807, 2.05) is 6.92 Å². The molecule has 4 heteroatoms. The van der Waals surface area contributed by atoms with Crippen LogP contribution in [0.1, 0.15) is 40.5 Å². The summed E-state index contributed by atoms with van der Waals surface area (Å²) in [6.07, 6.45) is 1.21. The topological polar surface area (TPSA) is 64.3 Å². The minimum atomic E-state index is -0.0821. The Morgan fingerprint density at radius 3 is 2.56 bits per heavy atom. The van der Waals surface area contributed by atoms with Crippen molar-refractivity contribution in [3.63, 3.8) is 0 Å². The van der Waals surface area contributed by atoms with E-state index in [1.165, 1.54) is 0 Å². The molecule has 1 unspecified atom stereocenters. The summed E-state index contributed by atoms with van der Waals surface area (Å²) in [6.45, 7) is 13.6. The summed E-state index contributed by atoms with van der Waals surface area (Å²) >= 11 is 0. The molecule has 0 rings (SSSR count). The van der Waals surface area contributed by atoms with Crippen LogP contribution in [0.5, 0.6) is 0 Å². The molecule has 0 fully saturated rings. The second-order valence-corrected chi connectivity index (χ2v) is 6.09. The molecule has 0 aromatic heterocycles. The van der Waals surface area contributed by atoms with Crippen LogP contribution in [0, 0.1) is 5.41 Å². The molecule has 18 heavy (non-hydrogen) atoms. The van der Waals surface area contributed by atoms with Crippen molar-refractivity contribution in [1.29, 1.82) is 0 Å². The van der Waals surface area contributed by atoms with Crippen LogP contribution in [0.2, 0.25) is 0 Å². The number of carbonyl (C=O) groups excluding carboxylic acids is 1. The highest BCUT2D eigenvalue weighted by atomic mass is 16.5. The largest absolute Gasteiger partial charge is 0.375 e. The number of nitrogens with two attached hydrogens (primary N) is 1. The summed E-state index contributed by atoms with van der Waals surface area (Å²) in [6, 6.07) is -0.0821. The third kappa shape index (κ3) is 11.6. The smallest absolute Gasteiger partial charge is 0.221 e. The molecule has 1 amide bonds. The molecule has 0 aromatic rings. The van der Waals surface area contributed by atoms with Gasteiger partial charge in [-0.05, 0) is 18.8 Å². The lowest BCUT2D eigenvalue weighted by Crippen LogP contribution is -2.35. The monoisotopic (exact) mass is 256 g/mol. The van der Waals surface area contributed by atoms with Crippen molar-refractivity contribution in [3.05, 3.63) is 12.2 Å². The second-order valence-electron chi connectivity index (χ2n) is 6.09. The zero-order valence-electron chi connectivity index (χ0n) is 12.2. The Morgan fingerprint density at radius 2 is 2.06 bits per heavy atom. The number of rotatable bonds is 8. The van der Waals surface area contributed by atoms with Crippen LogP contribution < -0.4 is 11.1 Å². The highest BCUT2D eigenvalue weighted by Gasteiger charge is 2.17. The van der Waals surface area contributed by atoms with Crippen LogP contribution in [0.4, 0.5) is 0 Å². The molecular formula is C14H28N2O2. The first-order valence-electron chi connectivity index (χ1n) is 6.45. The summed E-state index contributed by atoms with van der Waals surface area (Å²) in [5.74, 6) is -0.00863. The van der Waals surface area contributed by atoms with E-state index in [9.17, 15) is 4.79 Å². The van der Waals surface area contributed by atoms with E-state index in [2.05, 4.69) is 32.7 Å². The Morgan fingerprint density at radius 1 is 1.44 bits per heavy atom. The number of hydrogen-bond donors (Lipinski definition) is 2. The fraction of sp³-hybridized carbons (Fsp3) is 0.786. The molecule has 0 saturated heterocycles. The average molecular weight is 256 g/mol. The van der Waals surface area contributed by atoms with Gasteiger partial charge in [0.2, 0.25) is 5.91 Å². The molecule has 0 heterocycles. The van der Waals surface area contributed by atoms with Gasteiger partial charge >= 0.3 is 0 Å². The number of nitrogens with one attached hydrogen (secondary N) is 1. The van der Waals surface area contributed by atoms with Gasteiger partial charge in [-0.1, -0.05) is 32.9 Å². The van der Waals surface area contributed by atoms with Crippen molar-refractivity contribution in [2.75, 3.05) is 19.8 Å².